The number of ether oxygens (including phenoxy) is 1. The maximum Gasteiger partial charge on any atom is 0.119 e. The molecular formula is C12H17NOS. The van der Waals surface area contributed by atoms with Crippen LogP contribution in [0.5, 0.6) is 5.75 Å². The highest BCUT2D eigenvalue weighted by atomic mass is 32.2. The van der Waals surface area contributed by atoms with E-state index in [0.717, 1.165) is 23.8 Å². The molecule has 3 heteroatoms. The van der Waals surface area contributed by atoms with Crippen molar-refractivity contribution in [2.24, 2.45) is 11.7 Å². The molecule has 0 spiro atoms. The lowest BCUT2D eigenvalue weighted by Gasteiger charge is -2.24. The van der Waals surface area contributed by atoms with Gasteiger partial charge in [-0.1, -0.05) is 12.1 Å². The molecule has 0 saturated carbocycles. The van der Waals surface area contributed by atoms with Gasteiger partial charge in [-0.05, 0) is 41.5 Å². The number of hydrogen-bond acceptors (Lipinski definition) is 3. The van der Waals surface area contributed by atoms with Crippen molar-refractivity contribution in [2.45, 2.75) is 13.0 Å². The van der Waals surface area contributed by atoms with Crippen LogP contribution in [0, 0.1) is 5.92 Å². The molecular weight excluding hydrogens is 206 g/mol. The van der Waals surface area contributed by atoms with Crippen molar-refractivity contribution >= 4 is 11.8 Å². The van der Waals surface area contributed by atoms with Crippen LogP contribution in [0.25, 0.3) is 0 Å². The van der Waals surface area contributed by atoms with E-state index < -0.39 is 0 Å². The van der Waals surface area contributed by atoms with E-state index in [-0.39, 0.29) is 0 Å². The summed E-state index contributed by atoms with van der Waals surface area (Å²) in [4.78, 5) is 0. The van der Waals surface area contributed by atoms with Gasteiger partial charge in [0.25, 0.3) is 0 Å². The topological polar surface area (TPSA) is 35.2 Å². The summed E-state index contributed by atoms with van der Waals surface area (Å²) < 4.78 is 5.66. The molecule has 0 bridgehead atoms. The fourth-order valence-electron chi connectivity index (χ4n) is 1.52. The van der Waals surface area contributed by atoms with Gasteiger partial charge in [0.2, 0.25) is 0 Å². The lowest BCUT2D eigenvalue weighted by molar-refractivity contribution is 0.289. The first-order chi connectivity index (χ1) is 7.38. The summed E-state index contributed by atoms with van der Waals surface area (Å²) in [6, 6.07) is 8.04. The summed E-state index contributed by atoms with van der Waals surface area (Å²) >= 11 is 2.03. The minimum Gasteiger partial charge on any atom is -0.494 e. The largest absolute Gasteiger partial charge is 0.494 e. The summed E-state index contributed by atoms with van der Waals surface area (Å²) in [5.41, 5.74) is 6.67. The maximum atomic E-state index is 5.66. The molecule has 1 fully saturated rings. The van der Waals surface area contributed by atoms with Gasteiger partial charge in [-0.25, -0.2) is 0 Å². The molecule has 2 nitrogen and oxygen atoms in total. The van der Waals surface area contributed by atoms with Gasteiger partial charge >= 0.3 is 0 Å². The number of nitrogens with two attached hydrogens (primary N) is 1. The highest BCUT2D eigenvalue weighted by Gasteiger charge is 2.17. The SMILES string of the molecule is NCc1ccc(OCCC2CSC2)cc1. The summed E-state index contributed by atoms with van der Waals surface area (Å²) in [6.45, 7) is 1.44. The highest BCUT2D eigenvalue weighted by molar-refractivity contribution is 8.00. The van der Waals surface area contributed by atoms with Crippen LogP contribution in [-0.4, -0.2) is 18.1 Å². The Balaban J connectivity index is 1.72. The molecule has 1 aromatic rings. The molecule has 0 aliphatic carbocycles. The molecule has 2 rings (SSSR count). The molecule has 15 heavy (non-hydrogen) atoms. The standard InChI is InChI=1S/C12H17NOS/c13-7-10-1-3-12(4-2-10)14-6-5-11-8-15-9-11/h1-4,11H,5-9,13H2. The van der Waals surface area contributed by atoms with E-state index in [4.69, 9.17) is 10.5 Å². The van der Waals surface area contributed by atoms with Crippen LogP contribution in [0.4, 0.5) is 0 Å². The van der Waals surface area contributed by atoms with Crippen molar-refractivity contribution in [1.29, 1.82) is 0 Å². The summed E-state index contributed by atoms with van der Waals surface area (Å²) in [6.07, 6.45) is 1.19. The Bertz CT molecular complexity index is 295. The van der Waals surface area contributed by atoms with Crippen LogP contribution in [0.2, 0.25) is 0 Å². The molecule has 2 N–H and O–H groups in total. The monoisotopic (exact) mass is 223 g/mol. The second-order valence-electron chi connectivity index (χ2n) is 3.89. The minimum absolute atomic E-state index is 0.597. The van der Waals surface area contributed by atoms with E-state index in [1.807, 2.05) is 36.0 Å². The minimum atomic E-state index is 0.597. The van der Waals surface area contributed by atoms with E-state index in [1.54, 1.807) is 0 Å². The van der Waals surface area contributed by atoms with Crippen LogP contribution in [0.1, 0.15) is 12.0 Å². The molecule has 1 heterocycles. The van der Waals surface area contributed by atoms with Gasteiger partial charge in [0.1, 0.15) is 5.75 Å². The van der Waals surface area contributed by atoms with Crippen LogP contribution in [-0.2, 0) is 6.54 Å². The van der Waals surface area contributed by atoms with Crippen LogP contribution in [0.3, 0.4) is 0 Å². The Labute approximate surface area is 95.2 Å². The Morgan fingerprint density at radius 2 is 2.00 bits per heavy atom. The normalized spacial score (nSPS) is 16.1. The average molecular weight is 223 g/mol. The fourth-order valence-corrected chi connectivity index (χ4v) is 2.42. The van der Waals surface area contributed by atoms with Gasteiger partial charge in [-0.3, -0.25) is 0 Å². The molecule has 1 aliphatic rings. The Hall–Kier alpha value is -0.670. The zero-order valence-electron chi connectivity index (χ0n) is 8.82. The quantitative estimate of drug-likeness (QED) is 0.831. The third-order valence-electron chi connectivity index (χ3n) is 2.66. The molecule has 0 amide bonds. The number of benzene rings is 1. The second kappa shape index (κ2) is 5.42. The lowest BCUT2D eigenvalue weighted by atomic mass is 10.1. The smallest absolute Gasteiger partial charge is 0.119 e. The van der Waals surface area contributed by atoms with Crippen molar-refractivity contribution in [3.8, 4) is 5.75 Å². The lowest BCUT2D eigenvalue weighted by Crippen LogP contribution is -2.20. The van der Waals surface area contributed by atoms with E-state index in [2.05, 4.69) is 0 Å². The third-order valence-corrected chi connectivity index (χ3v) is 4.08. The van der Waals surface area contributed by atoms with Gasteiger partial charge in [-0.15, -0.1) is 0 Å². The molecule has 0 unspecified atom stereocenters. The van der Waals surface area contributed by atoms with Gasteiger partial charge in [0.15, 0.2) is 0 Å². The zero-order chi connectivity index (χ0) is 10.5. The van der Waals surface area contributed by atoms with E-state index in [1.165, 1.54) is 17.9 Å². The molecule has 1 aromatic carbocycles. The third kappa shape index (κ3) is 3.14. The van der Waals surface area contributed by atoms with Crippen molar-refractivity contribution < 1.29 is 4.74 Å². The summed E-state index contributed by atoms with van der Waals surface area (Å²) in [7, 11) is 0. The van der Waals surface area contributed by atoms with Gasteiger partial charge in [0.05, 0.1) is 6.61 Å². The molecule has 0 radical (unpaired) electrons. The summed E-state index contributed by atoms with van der Waals surface area (Å²) in [5, 5.41) is 0. The van der Waals surface area contributed by atoms with Crippen LogP contribution < -0.4 is 10.5 Å². The van der Waals surface area contributed by atoms with Crippen molar-refractivity contribution in [2.75, 3.05) is 18.1 Å². The molecule has 1 aliphatic heterocycles. The predicted molar refractivity (Wildman–Crippen MR) is 65.3 cm³/mol. The molecule has 0 atom stereocenters. The highest BCUT2D eigenvalue weighted by Crippen LogP contribution is 2.27. The van der Waals surface area contributed by atoms with E-state index >= 15 is 0 Å². The Morgan fingerprint density at radius 3 is 2.53 bits per heavy atom. The van der Waals surface area contributed by atoms with Crippen molar-refractivity contribution in [1.82, 2.24) is 0 Å². The van der Waals surface area contributed by atoms with Crippen LogP contribution in [0.15, 0.2) is 24.3 Å². The second-order valence-corrected chi connectivity index (χ2v) is 4.96. The van der Waals surface area contributed by atoms with E-state index in [9.17, 15) is 0 Å². The van der Waals surface area contributed by atoms with Gasteiger partial charge in [0, 0.05) is 6.54 Å². The molecule has 1 saturated heterocycles. The number of hydrogen-bond donors (Lipinski definition) is 1. The first-order valence-electron chi connectivity index (χ1n) is 5.38. The first-order valence-corrected chi connectivity index (χ1v) is 6.53. The zero-order valence-corrected chi connectivity index (χ0v) is 9.63. The van der Waals surface area contributed by atoms with E-state index in [0.29, 0.717) is 6.54 Å². The predicted octanol–water partition coefficient (Wildman–Crippen LogP) is 2.28. The number of rotatable bonds is 5. The van der Waals surface area contributed by atoms with Crippen molar-refractivity contribution in [3.63, 3.8) is 0 Å². The Kier molecular flexibility index (Phi) is 3.92. The van der Waals surface area contributed by atoms with Crippen LogP contribution >= 0.6 is 11.8 Å². The molecule has 82 valence electrons. The average Bonchev–Trinajstić information content (AvgIpc) is 2.23. The van der Waals surface area contributed by atoms with Gasteiger partial charge in [-0.2, -0.15) is 11.8 Å². The number of thioether (sulfide) groups is 1. The Morgan fingerprint density at radius 1 is 1.27 bits per heavy atom. The first kappa shape index (κ1) is 10.8. The maximum absolute atomic E-state index is 5.66. The fraction of sp³-hybridized carbons (Fsp3) is 0.500. The molecule has 0 aromatic heterocycles. The van der Waals surface area contributed by atoms with Gasteiger partial charge < -0.3 is 10.5 Å². The van der Waals surface area contributed by atoms with Crippen molar-refractivity contribution in [3.05, 3.63) is 29.8 Å². The summed E-state index contributed by atoms with van der Waals surface area (Å²) in [5.74, 6) is 4.47.